The maximum absolute atomic E-state index is 4.47. The van der Waals surface area contributed by atoms with Crippen LogP contribution in [0.2, 0.25) is 0 Å². The highest BCUT2D eigenvalue weighted by molar-refractivity contribution is 5.70. The molecule has 4 nitrogen and oxygen atoms in total. The van der Waals surface area contributed by atoms with Crippen LogP contribution >= 0.6 is 0 Å². The normalized spacial score (nSPS) is 19.8. The minimum Gasteiger partial charge on any atom is -0.303 e. The van der Waals surface area contributed by atoms with E-state index in [1.165, 1.54) is 36.2 Å². The van der Waals surface area contributed by atoms with Gasteiger partial charge >= 0.3 is 0 Å². The summed E-state index contributed by atoms with van der Waals surface area (Å²) >= 11 is 0. The summed E-state index contributed by atoms with van der Waals surface area (Å²) in [5.41, 5.74) is 6.17. The Morgan fingerprint density at radius 1 is 1.19 bits per heavy atom. The number of nitrogens with one attached hydrogen (secondary N) is 2. The summed E-state index contributed by atoms with van der Waals surface area (Å²) in [7, 11) is 2.11. The molecule has 1 fully saturated rings. The van der Waals surface area contributed by atoms with Gasteiger partial charge in [0.25, 0.3) is 0 Å². The number of benzene rings is 1. The molecule has 1 aliphatic carbocycles. The molecule has 0 radical (unpaired) electrons. The Kier molecular flexibility index (Phi) is 6.42. The first kappa shape index (κ1) is 18.6. The van der Waals surface area contributed by atoms with Crippen molar-refractivity contribution in [3.8, 4) is 0 Å². The molecule has 1 atom stereocenters. The minimum absolute atomic E-state index is 0.611. The van der Waals surface area contributed by atoms with E-state index in [0.29, 0.717) is 5.92 Å². The van der Waals surface area contributed by atoms with E-state index in [1.807, 2.05) is 6.08 Å². The van der Waals surface area contributed by atoms with Gasteiger partial charge in [-0.05, 0) is 49.4 Å². The smallest absolute Gasteiger partial charge is 0.0886 e. The van der Waals surface area contributed by atoms with Crippen molar-refractivity contribution in [1.29, 1.82) is 0 Å². The second-order valence-corrected chi connectivity index (χ2v) is 7.24. The minimum atomic E-state index is 0.611. The molecule has 0 amide bonds. The van der Waals surface area contributed by atoms with Gasteiger partial charge < -0.3 is 5.32 Å². The number of hydrogen-bond acceptors (Lipinski definition) is 3. The maximum Gasteiger partial charge on any atom is 0.0886 e. The van der Waals surface area contributed by atoms with Crippen LogP contribution < -0.4 is 5.32 Å². The molecule has 26 heavy (non-hydrogen) atoms. The summed E-state index contributed by atoms with van der Waals surface area (Å²) < 4.78 is 0. The first-order valence-electron chi connectivity index (χ1n) is 9.54. The van der Waals surface area contributed by atoms with E-state index in [2.05, 4.69) is 77.4 Å². The van der Waals surface area contributed by atoms with Gasteiger partial charge in [-0.15, -0.1) is 0 Å². The molecule has 0 spiro atoms. The van der Waals surface area contributed by atoms with Crippen LogP contribution in [0.4, 0.5) is 0 Å². The van der Waals surface area contributed by atoms with Gasteiger partial charge in [0.2, 0.25) is 0 Å². The molecule has 1 saturated heterocycles. The van der Waals surface area contributed by atoms with E-state index in [1.54, 1.807) is 0 Å². The Bertz CT molecular complexity index is 736. The van der Waals surface area contributed by atoms with Gasteiger partial charge in [-0.1, -0.05) is 49.9 Å². The number of hydrogen-bond donors (Lipinski definition) is 2. The second-order valence-electron chi connectivity index (χ2n) is 7.24. The number of aromatic amines is 1. The number of nitrogens with zero attached hydrogens (tertiary/aromatic N) is 2. The zero-order valence-electron chi connectivity index (χ0n) is 16.0. The molecule has 2 N–H and O–H groups in total. The zero-order valence-corrected chi connectivity index (χ0v) is 16.0. The molecular weight excluding hydrogens is 320 g/mol. The number of aromatic nitrogens is 2. The van der Waals surface area contributed by atoms with E-state index in [-0.39, 0.29) is 0 Å². The number of fused-ring (bicyclic) bond motifs is 1. The van der Waals surface area contributed by atoms with Crippen molar-refractivity contribution in [3.05, 3.63) is 58.9 Å². The molecule has 0 bridgehead atoms. The quantitative estimate of drug-likeness (QED) is 0.874. The van der Waals surface area contributed by atoms with Gasteiger partial charge in [0.05, 0.1) is 5.69 Å². The van der Waals surface area contributed by atoms with E-state index < -0.39 is 0 Å². The Morgan fingerprint density at radius 2 is 1.96 bits per heavy atom. The molecule has 1 aliphatic heterocycles. The van der Waals surface area contributed by atoms with E-state index in [0.717, 1.165) is 30.9 Å². The second kappa shape index (κ2) is 8.97. The Hall–Kier alpha value is -2.17. The van der Waals surface area contributed by atoms with E-state index in [9.17, 15) is 0 Å². The van der Waals surface area contributed by atoms with Crippen molar-refractivity contribution in [3.63, 3.8) is 0 Å². The van der Waals surface area contributed by atoms with Crippen LogP contribution in [0, 0.1) is 0 Å². The van der Waals surface area contributed by atoms with E-state index >= 15 is 0 Å². The summed E-state index contributed by atoms with van der Waals surface area (Å²) in [6, 6.07) is 8.37. The average molecular weight is 351 g/mol. The SMILES string of the molecule is C=Cc1ccc(/C=C/c2n[nH]c3c2C(C)CCC3)cc1.CN1CCNC1. The largest absolute Gasteiger partial charge is 0.303 e. The summed E-state index contributed by atoms with van der Waals surface area (Å²) in [6.45, 7) is 9.51. The lowest BCUT2D eigenvalue weighted by Crippen LogP contribution is -2.15. The third kappa shape index (κ3) is 4.71. The van der Waals surface area contributed by atoms with Crippen LogP contribution in [0.15, 0.2) is 30.8 Å². The van der Waals surface area contributed by atoms with Crippen molar-refractivity contribution >= 4 is 18.2 Å². The van der Waals surface area contributed by atoms with Crippen LogP contribution in [-0.4, -0.2) is 41.9 Å². The molecule has 2 aliphatic rings. The highest BCUT2D eigenvalue weighted by atomic mass is 15.3. The van der Waals surface area contributed by atoms with Crippen molar-refractivity contribution in [2.45, 2.75) is 32.1 Å². The van der Waals surface area contributed by atoms with Crippen molar-refractivity contribution in [1.82, 2.24) is 20.4 Å². The molecule has 2 aromatic rings. The monoisotopic (exact) mass is 350 g/mol. The van der Waals surface area contributed by atoms with Crippen LogP contribution in [0.1, 0.15) is 53.8 Å². The predicted octanol–water partition coefficient (Wildman–Crippen LogP) is 4.14. The standard InChI is InChI=1S/C18H20N2.C4H10N2/c1-3-14-7-9-15(10-8-14)11-12-17-18-13(2)5-4-6-16(18)19-20-17;1-6-3-2-5-4-6/h3,7-13H,1,4-6H2,2H3,(H,19,20);5H,2-4H2,1H3/b12-11+;. The summed E-state index contributed by atoms with van der Waals surface area (Å²) in [4.78, 5) is 2.25. The number of H-pyrrole nitrogens is 1. The molecular formula is C22H30N4. The molecule has 138 valence electrons. The molecule has 2 heterocycles. The van der Waals surface area contributed by atoms with Crippen LogP contribution in [-0.2, 0) is 6.42 Å². The zero-order chi connectivity index (χ0) is 18.4. The van der Waals surface area contributed by atoms with Crippen LogP contribution in [0.25, 0.3) is 18.2 Å². The first-order valence-corrected chi connectivity index (χ1v) is 9.54. The molecule has 4 heteroatoms. The fourth-order valence-corrected chi connectivity index (χ4v) is 3.54. The molecule has 1 aromatic heterocycles. The lowest BCUT2D eigenvalue weighted by Gasteiger charge is -2.18. The summed E-state index contributed by atoms with van der Waals surface area (Å²) in [5.74, 6) is 0.611. The van der Waals surface area contributed by atoms with Gasteiger partial charge in [0.1, 0.15) is 0 Å². The topological polar surface area (TPSA) is 44.0 Å². The lowest BCUT2D eigenvalue weighted by molar-refractivity contribution is 0.412. The molecule has 1 unspecified atom stereocenters. The third-order valence-electron chi connectivity index (χ3n) is 5.13. The average Bonchev–Trinajstić information content (AvgIpc) is 3.31. The Morgan fingerprint density at radius 3 is 2.58 bits per heavy atom. The third-order valence-corrected chi connectivity index (χ3v) is 5.13. The predicted molar refractivity (Wildman–Crippen MR) is 111 cm³/mol. The number of likely N-dealkylation sites (N-methyl/N-ethyl adjacent to an activating group) is 1. The fraction of sp³-hybridized carbons (Fsp3) is 0.409. The van der Waals surface area contributed by atoms with Crippen LogP contribution in [0.5, 0.6) is 0 Å². The van der Waals surface area contributed by atoms with Gasteiger partial charge in [-0.25, -0.2) is 0 Å². The van der Waals surface area contributed by atoms with Crippen molar-refractivity contribution in [2.75, 3.05) is 26.8 Å². The molecule has 0 saturated carbocycles. The van der Waals surface area contributed by atoms with Gasteiger partial charge in [-0.2, -0.15) is 5.10 Å². The van der Waals surface area contributed by atoms with Gasteiger partial charge in [0, 0.05) is 31.0 Å². The maximum atomic E-state index is 4.47. The summed E-state index contributed by atoms with van der Waals surface area (Å²) in [6.07, 6.45) is 9.78. The number of rotatable bonds is 3. The Labute approximate surface area is 157 Å². The lowest BCUT2D eigenvalue weighted by atomic mass is 9.86. The first-order chi connectivity index (χ1) is 12.7. The number of aryl methyl sites for hydroxylation is 1. The molecule has 4 rings (SSSR count). The highest BCUT2D eigenvalue weighted by Gasteiger charge is 2.21. The van der Waals surface area contributed by atoms with Crippen molar-refractivity contribution < 1.29 is 0 Å². The fourth-order valence-electron chi connectivity index (χ4n) is 3.54. The van der Waals surface area contributed by atoms with E-state index in [4.69, 9.17) is 0 Å². The molecule has 1 aromatic carbocycles. The van der Waals surface area contributed by atoms with Gasteiger partial charge in [0.15, 0.2) is 0 Å². The summed E-state index contributed by atoms with van der Waals surface area (Å²) in [5, 5.41) is 10.9. The Balaban J connectivity index is 0.000000278. The van der Waals surface area contributed by atoms with Gasteiger partial charge in [-0.3, -0.25) is 10.00 Å². The van der Waals surface area contributed by atoms with Crippen LogP contribution in [0.3, 0.4) is 0 Å². The highest BCUT2D eigenvalue weighted by Crippen LogP contribution is 2.33. The van der Waals surface area contributed by atoms with Crippen molar-refractivity contribution in [2.24, 2.45) is 0 Å².